The molecule has 0 amide bonds. The highest BCUT2D eigenvalue weighted by molar-refractivity contribution is 5.73. The fourth-order valence-corrected chi connectivity index (χ4v) is 2.66. The molecule has 0 aliphatic carbocycles. The minimum Gasteiger partial charge on any atom is -0.489 e. The maximum absolute atomic E-state index is 11.3. The predicted molar refractivity (Wildman–Crippen MR) is 99.7 cm³/mol. The van der Waals surface area contributed by atoms with Crippen LogP contribution in [0.2, 0.25) is 0 Å². The molecule has 1 atom stereocenters. The van der Waals surface area contributed by atoms with Gasteiger partial charge in [0.25, 0.3) is 0 Å². The lowest BCUT2D eigenvalue weighted by Gasteiger charge is -2.17. The Labute approximate surface area is 149 Å². The molecule has 0 aliphatic heterocycles. The Bertz CT molecular complexity index is 697. The summed E-state index contributed by atoms with van der Waals surface area (Å²) < 4.78 is 5.89. The molecule has 2 N–H and O–H groups in total. The molecule has 2 aromatic rings. The summed E-state index contributed by atoms with van der Waals surface area (Å²) in [5.74, 6) is 0.316. The summed E-state index contributed by atoms with van der Waals surface area (Å²) in [6, 6.07) is 15.4. The number of aryl methyl sites for hydroxylation is 1. The molecule has 1 unspecified atom stereocenters. The van der Waals surface area contributed by atoms with Crippen LogP contribution in [-0.2, 0) is 17.9 Å². The van der Waals surface area contributed by atoms with Crippen molar-refractivity contribution in [2.45, 2.75) is 46.4 Å². The number of aliphatic carboxylic acids is 1. The maximum Gasteiger partial charge on any atom is 0.320 e. The third kappa shape index (κ3) is 6.24. The van der Waals surface area contributed by atoms with Crippen molar-refractivity contribution in [3.63, 3.8) is 0 Å². The Morgan fingerprint density at radius 1 is 1.16 bits per heavy atom. The second kappa shape index (κ2) is 9.23. The van der Waals surface area contributed by atoms with Gasteiger partial charge in [-0.05, 0) is 48.1 Å². The van der Waals surface area contributed by atoms with Crippen LogP contribution in [0.1, 0.15) is 37.0 Å². The molecule has 0 saturated heterocycles. The number of benzene rings is 2. The van der Waals surface area contributed by atoms with E-state index in [0.717, 1.165) is 16.9 Å². The van der Waals surface area contributed by atoms with Gasteiger partial charge in [-0.1, -0.05) is 50.2 Å². The Hall–Kier alpha value is -2.33. The normalized spacial score (nSPS) is 12.2. The molecule has 2 rings (SSSR count). The first-order valence-electron chi connectivity index (χ1n) is 8.68. The van der Waals surface area contributed by atoms with Crippen LogP contribution in [0.5, 0.6) is 5.75 Å². The van der Waals surface area contributed by atoms with E-state index in [9.17, 15) is 9.90 Å². The second-order valence-corrected chi connectivity index (χ2v) is 6.76. The first-order valence-corrected chi connectivity index (χ1v) is 8.68. The predicted octanol–water partition coefficient (Wildman–Crippen LogP) is 4.16. The van der Waals surface area contributed by atoms with Gasteiger partial charge in [-0.3, -0.25) is 4.79 Å². The lowest BCUT2D eigenvalue weighted by atomic mass is 10.0. The highest BCUT2D eigenvalue weighted by Gasteiger charge is 2.17. The lowest BCUT2D eigenvalue weighted by molar-refractivity contribution is -0.140. The van der Waals surface area contributed by atoms with Gasteiger partial charge in [-0.15, -0.1) is 0 Å². The number of carboxylic acid groups (broad SMARTS) is 1. The van der Waals surface area contributed by atoms with E-state index >= 15 is 0 Å². The number of hydrogen-bond donors (Lipinski definition) is 2. The van der Waals surface area contributed by atoms with Crippen LogP contribution in [0, 0.1) is 12.8 Å². The molecular weight excluding hydrogens is 314 g/mol. The summed E-state index contributed by atoms with van der Waals surface area (Å²) in [5.41, 5.74) is 3.38. The van der Waals surface area contributed by atoms with Gasteiger partial charge in [-0.2, -0.15) is 0 Å². The number of nitrogens with one attached hydrogen (secondary N) is 1. The van der Waals surface area contributed by atoms with Crippen LogP contribution < -0.4 is 10.1 Å². The van der Waals surface area contributed by atoms with Gasteiger partial charge in [0.15, 0.2) is 0 Å². The molecule has 25 heavy (non-hydrogen) atoms. The van der Waals surface area contributed by atoms with Gasteiger partial charge < -0.3 is 15.2 Å². The fraction of sp³-hybridized carbons (Fsp3) is 0.381. The fourth-order valence-electron chi connectivity index (χ4n) is 2.66. The molecule has 0 aliphatic rings. The van der Waals surface area contributed by atoms with E-state index in [2.05, 4.69) is 24.4 Å². The SMILES string of the molecule is Cc1ccccc1COc1cccc(CNC(CC(C)C)C(=O)O)c1. The number of carbonyl (C=O) groups is 1. The van der Waals surface area contributed by atoms with Gasteiger partial charge in [0.1, 0.15) is 18.4 Å². The highest BCUT2D eigenvalue weighted by Crippen LogP contribution is 2.17. The maximum atomic E-state index is 11.3. The monoisotopic (exact) mass is 341 g/mol. The summed E-state index contributed by atoms with van der Waals surface area (Å²) in [5, 5.41) is 12.4. The third-order valence-electron chi connectivity index (χ3n) is 4.11. The van der Waals surface area contributed by atoms with Crippen LogP contribution in [-0.4, -0.2) is 17.1 Å². The molecular formula is C21H27NO3. The van der Waals surface area contributed by atoms with Crippen LogP contribution >= 0.6 is 0 Å². The topological polar surface area (TPSA) is 58.6 Å². The Balaban J connectivity index is 1.94. The first kappa shape index (κ1) is 19.0. The first-order chi connectivity index (χ1) is 12.0. The van der Waals surface area contributed by atoms with Crippen LogP contribution in [0.15, 0.2) is 48.5 Å². The molecule has 2 aromatic carbocycles. The van der Waals surface area contributed by atoms with Crippen molar-refractivity contribution < 1.29 is 14.6 Å². The van der Waals surface area contributed by atoms with E-state index in [0.29, 0.717) is 25.5 Å². The van der Waals surface area contributed by atoms with Gasteiger partial charge >= 0.3 is 5.97 Å². The zero-order chi connectivity index (χ0) is 18.2. The minimum atomic E-state index is -0.805. The average Bonchev–Trinajstić information content (AvgIpc) is 2.58. The van der Waals surface area contributed by atoms with Crippen LogP contribution in [0.25, 0.3) is 0 Å². The van der Waals surface area contributed by atoms with Crippen LogP contribution in [0.4, 0.5) is 0 Å². The van der Waals surface area contributed by atoms with Crippen molar-refractivity contribution in [2.75, 3.05) is 0 Å². The van der Waals surface area contributed by atoms with Crippen molar-refractivity contribution in [3.05, 3.63) is 65.2 Å². The van der Waals surface area contributed by atoms with Gasteiger partial charge in [0, 0.05) is 6.54 Å². The van der Waals surface area contributed by atoms with Crippen molar-refractivity contribution in [1.82, 2.24) is 5.32 Å². The molecule has 0 fully saturated rings. The smallest absolute Gasteiger partial charge is 0.320 e. The summed E-state index contributed by atoms with van der Waals surface area (Å²) in [6.07, 6.45) is 0.610. The number of hydrogen-bond acceptors (Lipinski definition) is 3. The summed E-state index contributed by atoms with van der Waals surface area (Å²) in [6.45, 7) is 7.15. The number of carboxylic acids is 1. The van der Waals surface area contributed by atoms with Gasteiger partial charge in [-0.25, -0.2) is 0 Å². The van der Waals surface area contributed by atoms with Crippen molar-refractivity contribution in [2.24, 2.45) is 5.92 Å². The largest absolute Gasteiger partial charge is 0.489 e. The molecule has 0 saturated carbocycles. The molecule has 0 aromatic heterocycles. The van der Waals surface area contributed by atoms with Crippen molar-refractivity contribution in [1.29, 1.82) is 0 Å². The third-order valence-corrected chi connectivity index (χ3v) is 4.11. The number of ether oxygens (including phenoxy) is 1. The summed E-state index contributed by atoms with van der Waals surface area (Å²) in [7, 11) is 0. The molecule has 0 radical (unpaired) electrons. The molecule has 4 nitrogen and oxygen atoms in total. The zero-order valence-electron chi connectivity index (χ0n) is 15.2. The average molecular weight is 341 g/mol. The summed E-state index contributed by atoms with van der Waals surface area (Å²) >= 11 is 0. The van der Waals surface area contributed by atoms with Gasteiger partial charge in [0.2, 0.25) is 0 Å². The van der Waals surface area contributed by atoms with E-state index < -0.39 is 12.0 Å². The molecule has 134 valence electrons. The van der Waals surface area contributed by atoms with E-state index in [1.54, 1.807) is 0 Å². The van der Waals surface area contributed by atoms with Gasteiger partial charge in [0.05, 0.1) is 0 Å². The van der Waals surface area contributed by atoms with E-state index in [4.69, 9.17) is 4.74 Å². The molecule has 4 heteroatoms. The van der Waals surface area contributed by atoms with Crippen molar-refractivity contribution >= 4 is 5.97 Å². The quantitative estimate of drug-likeness (QED) is 0.719. The molecule has 0 heterocycles. The van der Waals surface area contributed by atoms with E-state index in [-0.39, 0.29) is 0 Å². The van der Waals surface area contributed by atoms with E-state index in [1.807, 2.05) is 50.2 Å². The Kier molecular flexibility index (Phi) is 7.02. The molecule has 0 spiro atoms. The summed E-state index contributed by atoms with van der Waals surface area (Å²) in [4.78, 5) is 11.3. The minimum absolute atomic E-state index is 0.331. The second-order valence-electron chi connectivity index (χ2n) is 6.76. The Morgan fingerprint density at radius 3 is 2.60 bits per heavy atom. The van der Waals surface area contributed by atoms with Crippen LogP contribution in [0.3, 0.4) is 0 Å². The highest BCUT2D eigenvalue weighted by atomic mass is 16.5. The standard InChI is InChI=1S/C21H27NO3/c1-15(2)11-20(21(23)24)22-13-17-8-6-10-19(12-17)25-14-18-9-5-4-7-16(18)3/h4-10,12,15,20,22H,11,13-14H2,1-3H3,(H,23,24). The lowest BCUT2D eigenvalue weighted by Crippen LogP contribution is -2.37. The zero-order valence-corrected chi connectivity index (χ0v) is 15.2. The Morgan fingerprint density at radius 2 is 1.92 bits per heavy atom. The number of rotatable bonds is 9. The van der Waals surface area contributed by atoms with E-state index in [1.165, 1.54) is 5.56 Å². The molecule has 0 bridgehead atoms. The van der Waals surface area contributed by atoms with Crippen molar-refractivity contribution in [3.8, 4) is 5.75 Å².